The van der Waals surface area contributed by atoms with Crippen LogP contribution < -0.4 is 14.4 Å². The summed E-state index contributed by atoms with van der Waals surface area (Å²) >= 11 is 12.6. The normalized spacial score (nSPS) is 12.2. The zero-order chi connectivity index (χ0) is 27.8. The lowest BCUT2D eigenvalue weighted by atomic mass is 10.1. The lowest BCUT2D eigenvalue weighted by Gasteiger charge is -2.32. The van der Waals surface area contributed by atoms with Gasteiger partial charge in [0, 0.05) is 30.6 Å². The number of rotatable bonds is 13. The Bertz CT molecular complexity index is 1190. The second-order valence-electron chi connectivity index (χ2n) is 8.96. The van der Waals surface area contributed by atoms with E-state index in [-0.39, 0.29) is 48.8 Å². The van der Waals surface area contributed by atoms with Crippen LogP contribution in [0.25, 0.3) is 0 Å². The average Bonchev–Trinajstić information content (AvgIpc) is 2.81. The fourth-order valence-corrected chi connectivity index (χ4v) is 5.33. The molecule has 37 heavy (non-hydrogen) atoms. The number of amides is 2. The van der Waals surface area contributed by atoms with Gasteiger partial charge in [-0.25, -0.2) is 8.42 Å². The number of hydrogen-bond donors (Lipinski definition) is 1. The van der Waals surface area contributed by atoms with E-state index in [4.69, 9.17) is 27.9 Å². The van der Waals surface area contributed by atoms with E-state index < -0.39 is 16.1 Å². The molecule has 2 aromatic rings. The molecule has 1 atom stereocenters. The van der Waals surface area contributed by atoms with Crippen LogP contribution in [0, 0.1) is 0 Å². The monoisotopic (exact) mass is 571 g/mol. The van der Waals surface area contributed by atoms with Crippen molar-refractivity contribution in [3.63, 3.8) is 0 Å². The predicted molar refractivity (Wildman–Crippen MR) is 149 cm³/mol. The van der Waals surface area contributed by atoms with E-state index in [1.165, 1.54) is 22.4 Å². The summed E-state index contributed by atoms with van der Waals surface area (Å²) in [4.78, 5) is 27.9. The molecule has 0 radical (unpaired) electrons. The molecule has 0 heterocycles. The number of anilines is 1. The first kappa shape index (κ1) is 30.7. The van der Waals surface area contributed by atoms with Crippen molar-refractivity contribution in [3.8, 4) is 5.75 Å². The number of ether oxygens (including phenoxy) is 1. The smallest absolute Gasteiger partial charge is 0.243 e. The highest BCUT2D eigenvalue weighted by atomic mass is 35.5. The lowest BCUT2D eigenvalue weighted by Crippen LogP contribution is -2.50. The Morgan fingerprint density at radius 2 is 1.76 bits per heavy atom. The van der Waals surface area contributed by atoms with Crippen LogP contribution in [0.2, 0.25) is 10.0 Å². The number of methoxy groups -OCH3 is 1. The molecule has 0 aliphatic heterocycles. The Balaban J connectivity index is 2.25. The molecule has 1 N–H and O–H groups in total. The first-order valence-electron chi connectivity index (χ1n) is 12.0. The van der Waals surface area contributed by atoms with E-state index in [9.17, 15) is 18.0 Å². The van der Waals surface area contributed by atoms with E-state index in [0.29, 0.717) is 22.9 Å². The molecule has 2 aromatic carbocycles. The van der Waals surface area contributed by atoms with E-state index in [0.717, 1.165) is 11.8 Å². The zero-order valence-electron chi connectivity index (χ0n) is 21.8. The van der Waals surface area contributed by atoms with Crippen LogP contribution in [-0.2, 0) is 26.2 Å². The summed E-state index contributed by atoms with van der Waals surface area (Å²) < 4.78 is 31.4. The second kappa shape index (κ2) is 13.9. The highest BCUT2D eigenvalue weighted by Gasteiger charge is 2.29. The van der Waals surface area contributed by atoms with Gasteiger partial charge in [0.25, 0.3) is 0 Å². The van der Waals surface area contributed by atoms with E-state index in [1.807, 2.05) is 32.9 Å². The molecule has 2 amide bonds. The summed E-state index contributed by atoms with van der Waals surface area (Å²) in [5.41, 5.74) is 1.09. The fourth-order valence-electron chi connectivity index (χ4n) is 3.92. The van der Waals surface area contributed by atoms with Gasteiger partial charge in [-0.2, -0.15) is 0 Å². The number of nitrogens with one attached hydrogen (secondary N) is 1. The molecule has 0 fully saturated rings. The largest absolute Gasteiger partial charge is 0.495 e. The molecule has 0 bridgehead atoms. The van der Waals surface area contributed by atoms with Crippen molar-refractivity contribution in [1.29, 1.82) is 0 Å². The maximum atomic E-state index is 13.5. The van der Waals surface area contributed by atoms with Gasteiger partial charge in [-0.15, -0.1) is 0 Å². The summed E-state index contributed by atoms with van der Waals surface area (Å²) in [7, 11) is -2.17. The number of benzene rings is 2. The Hall–Kier alpha value is -2.49. The first-order chi connectivity index (χ1) is 17.4. The number of hydrogen-bond acceptors (Lipinski definition) is 5. The Labute approximate surface area is 229 Å². The Morgan fingerprint density at radius 1 is 1.08 bits per heavy atom. The SMILES string of the molecule is CCC(C(=O)NC(C)C)N(Cc1ccccc1Cl)C(=O)CCCN(c1ccc(OC)c(Cl)c1)S(C)(=O)=O. The molecule has 0 aromatic heterocycles. The van der Waals surface area contributed by atoms with E-state index in [1.54, 1.807) is 24.3 Å². The number of carbonyl (C=O) groups is 2. The van der Waals surface area contributed by atoms with Crippen LogP contribution in [-0.4, -0.2) is 57.1 Å². The van der Waals surface area contributed by atoms with Gasteiger partial charge < -0.3 is 15.0 Å². The molecule has 11 heteroatoms. The van der Waals surface area contributed by atoms with Crippen LogP contribution in [0.15, 0.2) is 42.5 Å². The molecule has 0 aliphatic carbocycles. The van der Waals surface area contributed by atoms with Crippen molar-refractivity contribution in [2.75, 3.05) is 24.2 Å². The van der Waals surface area contributed by atoms with Gasteiger partial charge in [0.1, 0.15) is 11.8 Å². The second-order valence-corrected chi connectivity index (χ2v) is 11.7. The van der Waals surface area contributed by atoms with Gasteiger partial charge >= 0.3 is 0 Å². The van der Waals surface area contributed by atoms with Gasteiger partial charge in [0.2, 0.25) is 21.8 Å². The van der Waals surface area contributed by atoms with Gasteiger partial charge in [0.05, 0.1) is 24.1 Å². The molecular formula is C26H35Cl2N3O5S. The van der Waals surface area contributed by atoms with Crippen LogP contribution >= 0.6 is 23.2 Å². The van der Waals surface area contributed by atoms with Crippen molar-refractivity contribution in [1.82, 2.24) is 10.2 Å². The van der Waals surface area contributed by atoms with Crippen molar-refractivity contribution in [2.45, 2.75) is 58.7 Å². The molecule has 2 rings (SSSR count). The maximum absolute atomic E-state index is 13.5. The maximum Gasteiger partial charge on any atom is 0.243 e. The summed E-state index contributed by atoms with van der Waals surface area (Å²) in [6.07, 6.45) is 1.78. The van der Waals surface area contributed by atoms with Gasteiger partial charge in [-0.1, -0.05) is 48.3 Å². The molecule has 0 spiro atoms. The van der Waals surface area contributed by atoms with E-state index >= 15 is 0 Å². The number of halogens is 2. The molecule has 0 saturated carbocycles. The van der Waals surface area contributed by atoms with Crippen molar-refractivity contribution >= 4 is 50.7 Å². The van der Waals surface area contributed by atoms with Crippen LogP contribution in [0.1, 0.15) is 45.6 Å². The minimum atomic E-state index is -3.65. The van der Waals surface area contributed by atoms with Gasteiger partial charge in [-0.3, -0.25) is 13.9 Å². The quantitative estimate of drug-likeness (QED) is 0.369. The highest BCUT2D eigenvalue weighted by molar-refractivity contribution is 7.92. The number of sulfonamides is 1. The third kappa shape index (κ3) is 8.79. The molecule has 0 saturated heterocycles. The highest BCUT2D eigenvalue weighted by Crippen LogP contribution is 2.30. The molecule has 8 nitrogen and oxygen atoms in total. The minimum Gasteiger partial charge on any atom is -0.495 e. The molecule has 1 unspecified atom stereocenters. The van der Waals surface area contributed by atoms with E-state index in [2.05, 4.69) is 5.32 Å². The zero-order valence-corrected chi connectivity index (χ0v) is 24.2. The average molecular weight is 573 g/mol. The lowest BCUT2D eigenvalue weighted by molar-refractivity contribution is -0.141. The van der Waals surface area contributed by atoms with Crippen molar-refractivity contribution < 1.29 is 22.7 Å². The molecule has 0 aliphatic rings. The van der Waals surface area contributed by atoms with Crippen molar-refractivity contribution in [2.24, 2.45) is 0 Å². The van der Waals surface area contributed by atoms with Crippen LogP contribution in [0.5, 0.6) is 5.75 Å². The number of nitrogens with zero attached hydrogens (tertiary/aromatic N) is 2. The Morgan fingerprint density at radius 3 is 2.30 bits per heavy atom. The number of carbonyl (C=O) groups excluding carboxylic acids is 2. The molecular weight excluding hydrogens is 537 g/mol. The summed E-state index contributed by atoms with van der Waals surface area (Å²) in [6, 6.07) is 11.1. The van der Waals surface area contributed by atoms with Crippen LogP contribution in [0.3, 0.4) is 0 Å². The standard InChI is InChI=1S/C26H35Cl2N3O5S/c1-6-23(26(33)29-18(2)3)30(17-19-10-7-8-11-21(19)27)25(32)12-9-15-31(37(5,34)35)20-13-14-24(36-4)22(28)16-20/h7-8,10-11,13-14,16,18,23H,6,9,12,15,17H2,1-5H3,(H,29,33). The van der Waals surface area contributed by atoms with Crippen molar-refractivity contribution in [3.05, 3.63) is 58.1 Å². The fraction of sp³-hybridized carbons (Fsp3) is 0.462. The minimum absolute atomic E-state index is 0.0335. The molecule has 204 valence electrons. The first-order valence-corrected chi connectivity index (χ1v) is 14.6. The predicted octanol–water partition coefficient (Wildman–Crippen LogP) is 4.88. The summed E-state index contributed by atoms with van der Waals surface area (Å²) in [5, 5.41) is 3.66. The summed E-state index contributed by atoms with van der Waals surface area (Å²) in [5.74, 6) is -0.0926. The third-order valence-corrected chi connectivity index (χ3v) is 7.55. The Kier molecular flexibility index (Phi) is 11.5. The van der Waals surface area contributed by atoms with Gasteiger partial charge in [-0.05, 0) is 56.5 Å². The van der Waals surface area contributed by atoms with Crippen LogP contribution in [0.4, 0.5) is 5.69 Å². The third-order valence-electron chi connectivity index (χ3n) is 5.69. The topological polar surface area (TPSA) is 96.0 Å². The summed E-state index contributed by atoms with van der Waals surface area (Å²) in [6.45, 7) is 5.77. The van der Waals surface area contributed by atoms with Gasteiger partial charge in [0.15, 0.2) is 0 Å².